The molecular formula is C16H24N2O3. The molecule has 1 aromatic rings. The Bertz CT molecular complexity index is 444. The number of rotatable bonds is 6. The lowest BCUT2D eigenvalue weighted by Crippen LogP contribution is -2.56. The maximum atomic E-state index is 12.1. The van der Waals surface area contributed by atoms with Gasteiger partial charge in [0.25, 0.3) is 0 Å². The van der Waals surface area contributed by atoms with Crippen LogP contribution in [0, 0.1) is 0 Å². The van der Waals surface area contributed by atoms with Crippen LogP contribution >= 0.6 is 0 Å². The smallest absolute Gasteiger partial charge is 0.329 e. The number of carboxylic acids is 1. The minimum absolute atomic E-state index is 0.448. The van der Waals surface area contributed by atoms with Crippen molar-refractivity contribution in [2.24, 2.45) is 0 Å². The van der Waals surface area contributed by atoms with E-state index < -0.39 is 11.5 Å². The minimum Gasteiger partial charge on any atom is -0.480 e. The average molecular weight is 292 g/mol. The summed E-state index contributed by atoms with van der Waals surface area (Å²) < 4.78 is 5.46. The molecule has 1 fully saturated rings. The van der Waals surface area contributed by atoms with Crippen LogP contribution < -0.4 is 5.32 Å². The maximum absolute atomic E-state index is 12.1. The number of benzene rings is 1. The van der Waals surface area contributed by atoms with Crippen LogP contribution in [0.5, 0.6) is 0 Å². The van der Waals surface area contributed by atoms with E-state index in [1.807, 2.05) is 37.3 Å². The molecular weight excluding hydrogens is 268 g/mol. The lowest BCUT2D eigenvalue weighted by atomic mass is 9.89. The lowest BCUT2D eigenvalue weighted by molar-refractivity contribution is -0.146. The molecule has 5 heteroatoms. The molecule has 1 aliphatic heterocycles. The quantitative estimate of drug-likeness (QED) is 0.827. The summed E-state index contributed by atoms with van der Waals surface area (Å²) in [6.07, 6.45) is 0.941. The average Bonchev–Trinajstić information content (AvgIpc) is 2.76. The molecule has 1 aliphatic rings. The molecule has 0 aliphatic carbocycles. The number of hydrogen-bond donors (Lipinski definition) is 2. The molecule has 1 aromatic carbocycles. The zero-order chi connectivity index (χ0) is 15.1. The predicted octanol–water partition coefficient (Wildman–Crippen LogP) is 1.30. The number of hydrogen-bond acceptors (Lipinski definition) is 4. The van der Waals surface area contributed by atoms with Crippen LogP contribution in [-0.4, -0.2) is 55.4 Å². The van der Waals surface area contributed by atoms with Gasteiger partial charge in [0, 0.05) is 26.2 Å². The number of carboxylic acid groups (broad SMARTS) is 1. The van der Waals surface area contributed by atoms with Crippen molar-refractivity contribution in [3.05, 3.63) is 35.9 Å². The molecule has 0 radical (unpaired) electrons. The Balaban J connectivity index is 2.28. The van der Waals surface area contributed by atoms with E-state index in [-0.39, 0.29) is 0 Å². The van der Waals surface area contributed by atoms with Crippen molar-refractivity contribution in [3.63, 3.8) is 0 Å². The fourth-order valence-electron chi connectivity index (χ4n) is 2.83. The summed E-state index contributed by atoms with van der Waals surface area (Å²) in [4.78, 5) is 14.2. The van der Waals surface area contributed by atoms with Crippen LogP contribution in [-0.2, 0) is 15.1 Å². The molecule has 0 bridgehead atoms. The first-order valence-electron chi connectivity index (χ1n) is 7.53. The second kappa shape index (κ2) is 7.54. The molecule has 1 saturated heterocycles. The topological polar surface area (TPSA) is 61.8 Å². The normalized spacial score (nSPS) is 19.7. The summed E-state index contributed by atoms with van der Waals surface area (Å²) >= 11 is 0. The first-order valence-corrected chi connectivity index (χ1v) is 7.53. The van der Waals surface area contributed by atoms with Crippen LogP contribution in [0.2, 0.25) is 0 Å². The molecule has 2 N–H and O–H groups in total. The second-order valence-electron chi connectivity index (χ2n) is 5.35. The zero-order valence-corrected chi connectivity index (χ0v) is 12.5. The number of aliphatic carboxylic acids is 1. The van der Waals surface area contributed by atoms with E-state index in [1.54, 1.807) is 0 Å². The van der Waals surface area contributed by atoms with Gasteiger partial charge >= 0.3 is 5.97 Å². The van der Waals surface area contributed by atoms with Gasteiger partial charge in [0.15, 0.2) is 5.54 Å². The molecule has 1 heterocycles. The zero-order valence-electron chi connectivity index (χ0n) is 12.5. The summed E-state index contributed by atoms with van der Waals surface area (Å²) in [6.45, 7) is 6.04. The molecule has 0 aromatic heterocycles. The van der Waals surface area contributed by atoms with Crippen molar-refractivity contribution in [1.82, 2.24) is 10.2 Å². The Morgan fingerprint density at radius 2 is 2.10 bits per heavy atom. The molecule has 1 unspecified atom stereocenters. The highest BCUT2D eigenvalue weighted by atomic mass is 16.5. The third kappa shape index (κ3) is 3.81. The van der Waals surface area contributed by atoms with Crippen LogP contribution in [0.3, 0.4) is 0 Å². The van der Waals surface area contributed by atoms with Crippen LogP contribution in [0.15, 0.2) is 30.3 Å². The number of nitrogens with one attached hydrogen (secondary N) is 1. The van der Waals surface area contributed by atoms with E-state index in [0.29, 0.717) is 19.7 Å². The largest absolute Gasteiger partial charge is 0.480 e. The van der Waals surface area contributed by atoms with Gasteiger partial charge in [-0.05, 0) is 18.5 Å². The summed E-state index contributed by atoms with van der Waals surface area (Å²) in [7, 11) is 0. The number of nitrogens with zero attached hydrogens (tertiary/aromatic N) is 1. The molecule has 0 amide bonds. The van der Waals surface area contributed by atoms with Gasteiger partial charge in [-0.25, -0.2) is 4.79 Å². The maximum Gasteiger partial charge on any atom is 0.329 e. The van der Waals surface area contributed by atoms with Crippen molar-refractivity contribution in [1.29, 1.82) is 0 Å². The van der Waals surface area contributed by atoms with Gasteiger partial charge in [-0.1, -0.05) is 37.3 Å². The van der Waals surface area contributed by atoms with E-state index >= 15 is 0 Å². The molecule has 2 rings (SSSR count). The minimum atomic E-state index is -1.07. The standard InChI is InChI=1S/C16H24N2O3/c1-2-17-16(15(19)20,14-7-4-3-5-8-14)13-18-9-6-11-21-12-10-18/h3-5,7-8,17H,2,6,9-13H2,1H3,(H,19,20). The molecule has 0 saturated carbocycles. The van der Waals surface area contributed by atoms with Gasteiger partial charge < -0.3 is 9.84 Å². The van der Waals surface area contributed by atoms with Gasteiger partial charge in [-0.3, -0.25) is 10.2 Å². The number of ether oxygens (including phenoxy) is 1. The van der Waals surface area contributed by atoms with Crippen LogP contribution in [0.1, 0.15) is 18.9 Å². The molecule has 1 atom stereocenters. The van der Waals surface area contributed by atoms with Crippen molar-refractivity contribution >= 4 is 5.97 Å². The van der Waals surface area contributed by atoms with Gasteiger partial charge in [0.2, 0.25) is 0 Å². The van der Waals surface area contributed by atoms with Gasteiger partial charge in [0.1, 0.15) is 0 Å². The highest BCUT2D eigenvalue weighted by Crippen LogP contribution is 2.24. The fraction of sp³-hybridized carbons (Fsp3) is 0.562. The fourth-order valence-corrected chi connectivity index (χ4v) is 2.83. The number of carbonyl (C=O) groups is 1. The molecule has 0 spiro atoms. The van der Waals surface area contributed by atoms with Crippen LogP contribution in [0.25, 0.3) is 0 Å². The van der Waals surface area contributed by atoms with E-state index in [2.05, 4.69) is 10.2 Å². The Morgan fingerprint density at radius 1 is 1.33 bits per heavy atom. The Morgan fingerprint density at radius 3 is 2.76 bits per heavy atom. The third-order valence-electron chi connectivity index (χ3n) is 3.89. The second-order valence-corrected chi connectivity index (χ2v) is 5.35. The predicted molar refractivity (Wildman–Crippen MR) is 81.3 cm³/mol. The molecule has 116 valence electrons. The highest BCUT2D eigenvalue weighted by molar-refractivity contribution is 5.81. The summed E-state index contributed by atoms with van der Waals surface area (Å²) in [6, 6.07) is 9.43. The van der Waals surface area contributed by atoms with E-state index in [4.69, 9.17) is 4.74 Å². The van der Waals surface area contributed by atoms with Gasteiger partial charge in [-0.2, -0.15) is 0 Å². The van der Waals surface area contributed by atoms with Crippen molar-refractivity contribution in [2.75, 3.05) is 39.4 Å². The van der Waals surface area contributed by atoms with Crippen molar-refractivity contribution in [3.8, 4) is 0 Å². The van der Waals surface area contributed by atoms with Crippen LogP contribution in [0.4, 0.5) is 0 Å². The van der Waals surface area contributed by atoms with Crippen molar-refractivity contribution < 1.29 is 14.6 Å². The Kier molecular flexibility index (Phi) is 5.73. The Hall–Kier alpha value is -1.43. The van der Waals surface area contributed by atoms with Gasteiger partial charge in [0.05, 0.1) is 6.61 Å². The first kappa shape index (κ1) is 15.9. The molecule has 5 nitrogen and oxygen atoms in total. The third-order valence-corrected chi connectivity index (χ3v) is 3.89. The summed E-state index contributed by atoms with van der Waals surface area (Å²) in [5.74, 6) is -0.833. The summed E-state index contributed by atoms with van der Waals surface area (Å²) in [5, 5.41) is 13.1. The Labute approximate surface area is 125 Å². The van der Waals surface area contributed by atoms with E-state index in [0.717, 1.165) is 31.7 Å². The van der Waals surface area contributed by atoms with E-state index in [1.165, 1.54) is 0 Å². The van der Waals surface area contributed by atoms with Gasteiger partial charge in [-0.15, -0.1) is 0 Å². The number of likely N-dealkylation sites (N-methyl/N-ethyl adjacent to an activating group) is 1. The monoisotopic (exact) mass is 292 g/mol. The highest BCUT2D eigenvalue weighted by Gasteiger charge is 2.41. The van der Waals surface area contributed by atoms with Crippen molar-refractivity contribution in [2.45, 2.75) is 18.9 Å². The SMILES string of the molecule is CCNC(CN1CCCOCC1)(C(=O)O)c1ccccc1. The molecule has 21 heavy (non-hydrogen) atoms. The first-order chi connectivity index (χ1) is 10.2. The summed E-state index contributed by atoms with van der Waals surface area (Å²) in [5.41, 5.74) is -0.273. The van der Waals surface area contributed by atoms with E-state index in [9.17, 15) is 9.90 Å². The lowest BCUT2D eigenvalue weighted by Gasteiger charge is -2.35.